The van der Waals surface area contributed by atoms with Crippen molar-refractivity contribution in [2.75, 3.05) is 17.2 Å². The average Bonchev–Trinajstić information content (AvgIpc) is 3.12. The summed E-state index contributed by atoms with van der Waals surface area (Å²) in [7, 11) is 1.83. The second-order valence-electron chi connectivity index (χ2n) is 7.18. The van der Waals surface area contributed by atoms with E-state index < -0.39 is 0 Å². The molecule has 0 saturated carbocycles. The molecule has 0 aliphatic rings. The summed E-state index contributed by atoms with van der Waals surface area (Å²) < 4.78 is 7.36. The van der Waals surface area contributed by atoms with Crippen LogP contribution in [-0.4, -0.2) is 43.1 Å². The van der Waals surface area contributed by atoms with Gasteiger partial charge in [-0.3, -0.25) is 4.68 Å². The average molecular weight is 409 g/mol. The van der Waals surface area contributed by atoms with Gasteiger partial charge in [-0.2, -0.15) is 5.10 Å². The van der Waals surface area contributed by atoms with E-state index in [2.05, 4.69) is 39.5 Å². The Morgan fingerprint density at radius 1 is 1.30 bits per heavy atom. The molecule has 0 aliphatic carbocycles. The van der Waals surface area contributed by atoms with Crippen LogP contribution in [0.2, 0.25) is 0 Å². The molecule has 0 spiro atoms. The molecule has 0 atom stereocenters. The van der Waals surface area contributed by atoms with E-state index in [1.807, 2.05) is 32.2 Å². The van der Waals surface area contributed by atoms with Crippen LogP contribution < -0.4 is 15.4 Å². The van der Waals surface area contributed by atoms with Crippen molar-refractivity contribution in [1.29, 1.82) is 5.41 Å². The minimum Gasteiger partial charge on any atom is -0.477 e. The maximum absolute atomic E-state index is 8.31. The van der Waals surface area contributed by atoms with E-state index in [0.29, 0.717) is 42.0 Å². The summed E-state index contributed by atoms with van der Waals surface area (Å²) in [4.78, 5) is 13.4. The van der Waals surface area contributed by atoms with Crippen molar-refractivity contribution < 1.29 is 4.74 Å². The van der Waals surface area contributed by atoms with E-state index in [-0.39, 0.29) is 6.04 Å². The van der Waals surface area contributed by atoms with Gasteiger partial charge in [-0.05, 0) is 45.9 Å². The molecule has 3 rings (SSSR count). The van der Waals surface area contributed by atoms with Gasteiger partial charge in [-0.15, -0.1) is 0 Å². The molecule has 9 nitrogen and oxygen atoms in total. The number of rotatable bonds is 9. The largest absolute Gasteiger partial charge is 0.477 e. The number of pyridine rings is 2. The zero-order valence-corrected chi connectivity index (χ0v) is 18.0. The van der Waals surface area contributed by atoms with Crippen LogP contribution in [0.25, 0.3) is 11.3 Å². The topological polar surface area (TPSA) is 114 Å². The molecule has 158 valence electrons. The first kappa shape index (κ1) is 21.2. The van der Waals surface area contributed by atoms with Gasteiger partial charge in [0.15, 0.2) is 5.82 Å². The van der Waals surface area contributed by atoms with Crippen molar-refractivity contribution >= 4 is 17.1 Å². The number of nitrogens with zero attached hydrogens (tertiary/aromatic N) is 5. The fourth-order valence-corrected chi connectivity index (χ4v) is 3.01. The van der Waals surface area contributed by atoms with Crippen molar-refractivity contribution in [2.24, 2.45) is 7.05 Å². The first-order chi connectivity index (χ1) is 14.4. The molecule has 3 aromatic rings. The monoisotopic (exact) mass is 408 g/mol. The van der Waals surface area contributed by atoms with Gasteiger partial charge < -0.3 is 20.8 Å². The summed E-state index contributed by atoms with van der Waals surface area (Å²) in [6.45, 7) is 8.70. The number of hydrogen-bond acceptors (Lipinski definition) is 8. The number of ether oxygens (including phenoxy) is 1. The Kier molecular flexibility index (Phi) is 6.61. The van der Waals surface area contributed by atoms with E-state index in [9.17, 15) is 0 Å². The number of anilines is 2. The summed E-state index contributed by atoms with van der Waals surface area (Å²) >= 11 is 0. The van der Waals surface area contributed by atoms with Crippen LogP contribution in [0.4, 0.5) is 11.4 Å². The smallest absolute Gasteiger partial charge is 0.222 e. The van der Waals surface area contributed by atoms with Gasteiger partial charge in [0.1, 0.15) is 12.0 Å². The molecule has 0 unspecified atom stereocenters. The molecule has 3 heterocycles. The molecule has 9 heteroatoms. The van der Waals surface area contributed by atoms with Crippen LogP contribution in [0, 0.1) is 5.41 Å². The second kappa shape index (κ2) is 9.34. The van der Waals surface area contributed by atoms with Gasteiger partial charge in [-0.1, -0.05) is 0 Å². The highest BCUT2D eigenvalue weighted by Gasteiger charge is 2.19. The van der Waals surface area contributed by atoms with Crippen LogP contribution in [0.3, 0.4) is 0 Å². The number of aryl methyl sites for hydroxylation is 1. The van der Waals surface area contributed by atoms with Crippen LogP contribution in [-0.2, 0) is 13.6 Å². The SMILES string of the molecule is CCOc1ncccc1-c1cc(NCc2ncn(C)n2)c(NC(C)C)c(C(C)=N)n1. The minimum atomic E-state index is 0.168. The van der Waals surface area contributed by atoms with E-state index in [1.54, 1.807) is 24.1 Å². The van der Waals surface area contributed by atoms with Crippen LogP contribution in [0.15, 0.2) is 30.7 Å². The van der Waals surface area contributed by atoms with Gasteiger partial charge in [-0.25, -0.2) is 15.0 Å². The third-order valence-corrected chi connectivity index (χ3v) is 4.22. The zero-order valence-electron chi connectivity index (χ0n) is 18.0. The second-order valence-corrected chi connectivity index (χ2v) is 7.18. The van der Waals surface area contributed by atoms with Gasteiger partial charge in [0.25, 0.3) is 0 Å². The van der Waals surface area contributed by atoms with Crippen molar-refractivity contribution in [2.45, 2.75) is 40.3 Å². The molecule has 0 radical (unpaired) electrons. The summed E-state index contributed by atoms with van der Waals surface area (Å²) in [5, 5.41) is 19.5. The fourth-order valence-electron chi connectivity index (χ4n) is 3.01. The highest BCUT2D eigenvalue weighted by atomic mass is 16.5. The molecule has 0 bridgehead atoms. The lowest BCUT2D eigenvalue weighted by atomic mass is 10.1. The minimum absolute atomic E-state index is 0.168. The Labute approximate surface area is 176 Å². The van der Waals surface area contributed by atoms with E-state index in [4.69, 9.17) is 15.1 Å². The third kappa shape index (κ3) is 4.91. The van der Waals surface area contributed by atoms with Crippen LogP contribution >= 0.6 is 0 Å². The predicted octanol–water partition coefficient (Wildman–Crippen LogP) is 3.49. The van der Waals surface area contributed by atoms with Gasteiger partial charge >= 0.3 is 0 Å². The van der Waals surface area contributed by atoms with Crippen LogP contribution in [0.5, 0.6) is 5.88 Å². The Bertz CT molecular complexity index is 1030. The Hall–Kier alpha value is -3.49. The lowest BCUT2D eigenvalue weighted by molar-refractivity contribution is 0.328. The molecule has 0 aromatic carbocycles. The first-order valence-electron chi connectivity index (χ1n) is 9.92. The molecule has 0 aliphatic heterocycles. The predicted molar refractivity (Wildman–Crippen MR) is 118 cm³/mol. The summed E-state index contributed by atoms with van der Waals surface area (Å²) in [6.07, 6.45) is 3.36. The Balaban J connectivity index is 2.10. The highest BCUT2D eigenvalue weighted by molar-refractivity contribution is 6.03. The molecular formula is C21H28N8O. The van der Waals surface area contributed by atoms with Crippen molar-refractivity contribution in [1.82, 2.24) is 24.7 Å². The number of nitrogens with one attached hydrogen (secondary N) is 3. The molecule has 30 heavy (non-hydrogen) atoms. The Morgan fingerprint density at radius 3 is 2.73 bits per heavy atom. The summed E-state index contributed by atoms with van der Waals surface area (Å²) in [6, 6.07) is 5.88. The fraction of sp³-hybridized carbons (Fsp3) is 0.381. The lowest BCUT2D eigenvalue weighted by Gasteiger charge is -2.20. The molecule has 0 amide bonds. The van der Waals surface area contributed by atoms with E-state index in [1.165, 1.54) is 0 Å². The van der Waals surface area contributed by atoms with Crippen LogP contribution in [0.1, 0.15) is 39.2 Å². The van der Waals surface area contributed by atoms with Crippen molar-refractivity contribution in [3.8, 4) is 17.1 Å². The lowest BCUT2D eigenvalue weighted by Crippen LogP contribution is -2.17. The Morgan fingerprint density at radius 2 is 2.10 bits per heavy atom. The van der Waals surface area contributed by atoms with E-state index in [0.717, 1.165) is 16.9 Å². The summed E-state index contributed by atoms with van der Waals surface area (Å²) in [5.74, 6) is 1.19. The highest BCUT2D eigenvalue weighted by Crippen LogP contribution is 2.34. The standard InChI is InChI=1S/C21H28N8O/c1-6-30-21-15(8-7-9-23-21)16-10-17(24-11-18-25-12-29(5)28-18)20(26-13(2)3)19(27-16)14(4)22/h7-10,12-13,22,26H,6,11H2,1-5H3,(H,24,27). The number of aromatic nitrogens is 5. The maximum atomic E-state index is 8.31. The normalized spacial score (nSPS) is 10.9. The van der Waals surface area contributed by atoms with Crippen molar-refractivity contribution in [3.05, 3.63) is 42.2 Å². The van der Waals surface area contributed by atoms with Gasteiger partial charge in [0, 0.05) is 19.3 Å². The quantitative estimate of drug-likeness (QED) is 0.464. The third-order valence-electron chi connectivity index (χ3n) is 4.22. The van der Waals surface area contributed by atoms with Gasteiger partial charge in [0.2, 0.25) is 5.88 Å². The zero-order chi connectivity index (χ0) is 21.7. The molecule has 0 saturated heterocycles. The molecule has 3 aromatic heterocycles. The maximum Gasteiger partial charge on any atom is 0.222 e. The summed E-state index contributed by atoms with van der Waals surface area (Å²) in [5.41, 5.74) is 3.98. The van der Waals surface area contributed by atoms with E-state index >= 15 is 0 Å². The molecular weight excluding hydrogens is 380 g/mol. The van der Waals surface area contributed by atoms with Gasteiger partial charge in [0.05, 0.1) is 41.5 Å². The van der Waals surface area contributed by atoms with Crippen molar-refractivity contribution in [3.63, 3.8) is 0 Å². The first-order valence-corrected chi connectivity index (χ1v) is 9.92. The molecule has 3 N–H and O–H groups in total. The molecule has 0 fully saturated rings. The number of hydrogen-bond donors (Lipinski definition) is 3.